The SMILES string of the molecule is CCOc1cc(/C=C2/SC(=O)N(CC(=O)OC(C)C)C2=O)ccc1OCc1ccc(Br)cc1. The fourth-order valence-corrected chi connectivity index (χ4v) is 4.06. The number of amides is 2. The van der Waals surface area contributed by atoms with Crippen LogP contribution in [0.4, 0.5) is 4.79 Å². The van der Waals surface area contributed by atoms with E-state index >= 15 is 0 Å². The van der Waals surface area contributed by atoms with E-state index in [9.17, 15) is 14.4 Å². The van der Waals surface area contributed by atoms with Crippen LogP contribution in [-0.2, 0) is 20.9 Å². The van der Waals surface area contributed by atoms with E-state index in [1.165, 1.54) is 0 Å². The van der Waals surface area contributed by atoms with Crippen LogP contribution >= 0.6 is 27.7 Å². The maximum Gasteiger partial charge on any atom is 0.326 e. The molecule has 0 N–H and O–H groups in total. The molecule has 33 heavy (non-hydrogen) atoms. The summed E-state index contributed by atoms with van der Waals surface area (Å²) in [5, 5.41) is -0.508. The third kappa shape index (κ3) is 6.85. The van der Waals surface area contributed by atoms with Gasteiger partial charge in [-0.3, -0.25) is 19.3 Å². The molecule has 1 aliphatic rings. The zero-order chi connectivity index (χ0) is 24.0. The van der Waals surface area contributed by atoms with Crippen LogP contribution < -0.4 is 9.47 Å². The molecule has 1 fully saturated rings. The van der Waals surface area contributed by atoms with Crippen molar-refractivity contribution in [1.82, 2.24) is 4.90 Å². The van der Waals surface area contributed by atoms with Gasteiger partial charge in [0.05, 0.1) is 17.6 Å². The minimum absolute atomic E-state index is 0.225. The maximum atomic E-state index is 12.7. The summed E-state index contributed by atoms with van der Waals surface area (Å²) in [4.78, 5) is 37.9. The highest BCUT2D eigenvalue weighted by Crippen LogP contribution is 2.35. The number of thioether (sulfide) groups is 1. The van der Waals surface area contributed by atoms with E-state index in [0.29, 0.717) is 30.3 Å². The Morgan fingerprint density at radius 2 is 1.82 bits per heavy atom. The minimum Gasteiger partial charge on any atom is -0.490 e. The molecule has 7 nitrogen and oxygen atoms in total. The lowest BCUT2D eigenvalue weighted by molar-refractivity contribution is -0.149. The van der Waals surface area contributed by atoms with E-state index in [4.69, 9.17) is 14.2 Å². The Hall–Kier alpha value is -2.78. The summed E-state index contributed by atoms with van der Waals surface area (Å²) in [6.07, 6.45) is 1.27. The predicted octanol–water partition coefficient (Wildman–Crippen LogP) is 5.41. The number of hydrogen-bond acceptors (Lipinski definition) is 7. The van der Waals surface area contributed by atoms with Crippen molar-refractivity contribution in [2.24, 2.45) is 0 Å². The number of hydrogen-bond donors (Lipinski definition) is 0. The Balaban J connectivity index is 1.74. The van der Waals surface area contributed by atoms with E-state index in [1.54, 1.807) is 38.1 Å². The highest BCUT2D eigenvalue weighted by Gasteiger charge is 2.36. The first-order valence-corrected chi connectivity index (χ1v) is 12.0. The summed E-state index contributed by atoms with van der Waals surface area (Å²) in [6.45, 7) is 5.67. The largest absolute Gasteiger partial charge is 0.490 e. The van der Waals surface area contributed by atoms with Gasteiger partial charge >= 0.3 is 5.97 Å². The molecule has 0 saturated carbocycles. The van der Waals surface area contributed by atoms with Crippen LogP contribution in [0.3, 0.4) is 0 Å². The van der Waals surface area contributed by atoms with Crippen molar-refractivity contribution in [1.29, 1.82) is 0 Å². The number of esters is 1. The van der Waals surface area contributed by atoms with Crippen molar-refractivity contribution in [2.75, 3.05) is 13.2 Å². The van der Waals surface area contributed by atoms with Gasteiger partial charge in [-0.05, 0) is 74.0 Å². The lowest BCUT2D eigenvalue weighted by Gasteiger charge is -2.13. The van der Waals surface area contributed by atoms with E-state index in [2.05, 4.69) is 15.9 Å². The molecule has 174 valence electrons. The van der Waals surface area contributed by atoms with Crippen LogP contribution in [-0.4, -0.2) is 41.3 Å². The molecule has 1 saturated heterocycles. The average molecular weight is 534 g/mol. The number of imide groups is 1. The maximum absolute atomic E-state index is 12.7. The summed E-state index contributed by atoms with van der Waals surface area (Å²) >= 11 is 4.20. The number of benzene rings is 2. The second kappa shape index (κ2) is 11.4. The summed E-state index contributed by atoms with van der Waals surface area (Å²) in [6, 6.07) is 13.1. The van der Waals surface area contributed by atoms with Crippen LogP contribution in [0.5, 0.6) is 11.5 Å². The summed E-state index contributed by atoms with van der Waals surface area (Å²) in [7, 11) is 0. The van der Waals surface area contributed by atoms with Crippen molar-refractivity contribution in [3.05, 3.63) is 63.0 Å². The van der Waals surface area contributed by atoms with Crippen LogP contribution in [0.15, 0.2) is 51.8 Å². The number of carbonyl (C=O) groups excluding carboxylic acids is 3. The predicted molar refractivity (Wildman–Crippen MR) is 130 cm³/mol. The van der Waals surface area contributed by atoms with Crippen LogP contribution in [0.2, 0.25) is 0 Å². The van der Waals surface area contributed by atoms with Gasteiger partial charge in [-0.25, -0.2) is 0 Å². The molecule has 0 unspecified atom stereocenters. The number of ether oxygens (including phenoxy) is 3. The quantitative estimate of drug-likeness (QED) is 0.314. The zero-order valence-electron chi connectivity index (χ0n) is 18.5. The smallest absolute Gasteiger partial charge is 0.326 e. The number of carbonyl (C=O) groups is 3. The van der Waals surface area contributed by atoms with Crippen molar-refractivity contribution < 1.29 is 28.6 Å². The van der Waals surface area contributed by atoms with Gasteiger partial charge in [0.2, 0.25) is 0 Å². The molecule has 9 heteroatoms. The van der Waals surface area contributed by atoms with E-state index in [1.807, 2.05) is 31.2 Å². The van der Waals surface area contributed by atoms with Crippen LogP contribution in [0.25, 0.3) is 6.08 Å². The first-order valence-electron chi connectivity index (χ1n) is 10.4. The molecule has 0 bridgehead atoms. The van der Waals surface area contributed by atoms with Gasteiger partial charge in [0.25, 0.3) is 11.1 Å². The molecule has 0 atom stereocenters. The Labute approximate surface area is 205 Å². The van der Waals surface area contributed by atoms with Crippen LogP contribution in [0, 0.1) is 0 Å². The molecule has 0 aliphatic carbocycles. The molecule has 0 aromatic heterocycles. The fourth-order valence-electron chi connectivity index (χ4n) is 2.96. The van der Waals surface area contributed by atoms with Crippen molar-refractivity contribution >= 4 is 50.9 Å². The van der Waals surface area contributed by atoms with Gasteiger partial charge in [-0.15, -0.1) is 0 Å². The third-order valence-electron chi connectivity index (χ3n) is 4.40. The zero-order valence-corrected chi connectivity index (χ0v) is 20.9. The molecule has 2 aromatic rings. The first kappa shape index (κ1) is 24.9. The molecule has 1 aliphatic heterocycles. The summed E-state index contributed by atoms with van der Waals surface area (Å²) < 4.78 is 17.7. The van der Waals surface area contributed by atoms with E-state index in [0.717, 1.165) is 26.7 Å². The second-order valence-electron chi connectivity index (χ2n) is 7.36. The third-order valence-corrected chi connectivity index (χ3v) is 5.84. The minimum atomic E-state index is -0.626. The van der Waals surface area contributed by atoms with Gasteiger partial charge < -0.3 is 14.2 Å². The monoisotopic (exact) mass is 533 g/mol. The Kier molecular flexibility index (Phi) is 8.57. The fraction of sp³-hybridized carbons (Fsp3) is 0.292. The highest BCUT2D eigenvalue weighted by atomic mass is 79.9. The molecular formula is C24H24BrNO6S. The standard InChI is InChI=1S/C24H24BrNO6S/c1-4-30-20-11-17(7-10-19(20)31-14-16-5-8-18(25)9-6-16)12-21-23(28)26(24(29)33-21)13-22(27)32-15(2)3/h5-12,15H,4,13-14H2,1-3H3/b21-12+. The number of nitrogens with zero attached hydrogens (tertiary/aromatic N) is 1. The van der Waals surface area contributed by atoms with Gasteiger partial charge in [-0.1, -0.05) is 34.1 Å². The normalized spacial score (nSPS) is 14.8. The molecule has 2 aromatic carbocycles. The van der Waals surface area contributed by atoms with Gasteiger partial charge in [0.15, 0.2) is 11.5 Å². The summed E-state index contributed by atoms with van der Waals surface area (Å²) in [5.41, 5.74) is 1.68. The molecule has 1 heterocycles. The first-order chi connectivity index (χ1) is 15.8. The molecule has 3 rings (SSSR count). The summed E-state index contributed by atoms with van der Waals surface area (Å²) in [5.74, 6) is -0.0526. The van der Waals surface area contributed by atoms with Crippen molar-refractivity contribution in [3.8, 4) is 11.5 Å². The molecule has 2 amide bonds. The van der Waals surface area contributed by atoms with Gasteiger partial charge in [0, 0.05) is 4.47 Å². The Morgan fingerprint density at radius 1 is 1.09 bits per heavy atom. The van der Waals surface area contributed by atoms with Crippen molar-refractivity contribution in [3.63, 3.8) is 0 Å². The number of halogens is 1. The van der Waals surface area contributed by atoms with Crippen molar-refractivity contribution in [2.45, 2.75) is 33.5 Å². The van der Waals surface area contributed by atoms with Crippen LogP contribution in [0.1, 0.15) is 31.9 Å². The number of rotatable bonds is 9. The van der Waals surface area contributed by atoms with E-state index < -0.39 is 23.7 Å². The average Bonchev–Trinajstić information content (AvgIpc) is 3.01. The molecule has 0 radical (unpaired) electrons. The highest BCUT2D eigenvalue weighted by molar-refractivity contribution is 9.10. The lowest BCUT2D eigenvalue weighted by Crippen LogP contribution is -2.35. The molecule has 0 spiro atoms. The second-order valence-corrected chi connectivity index (χ2v) is 9.27. The molecular weight excluding hydrogens is 510 g/mol. The van der Waals surface area contributed by atoms with Gasteiger partial charge in [-0.2, -0.15) is 0 Å². The Morgan fingerprint density at radius 3 is 2.48 bits per heavy atom. The van der Waals surface area contributed by atoms with Gasteiger partial charge in [0.1, 0.15) is 13.2 Å². The topological polar surface area (TPSA) is 82.1 Å². The Bertz CT molecular complexity index is 1070. The lowest BCUT2D eigenvalue weighted by atomic mass is 10.1. The van der Waals surface area contributed by atoms with E-state index in [-0.39, 0.29) is 11.0 Å².